The zero-order chi connectivity index (χ0) is 18.1. The maximum Gasteiger partial charge on any atom is 0.255 e. The molecule has 0 spiro atoms. The topological polar surface area (TPSA) is 67.2 Å². The van der Waals surface area contributed by atoms with Crippen molar-refractivity contribution < 1.29 is 9.59 Å². The number of nitrogens with one attached hydrogen (secondary N) is 1. The highest BCUT2D eigenvalue weighted by Gasteiger charge is 2.22. The van der Waals surface area contributed by atoms with Crippen molar-refractivity contribution in [3.63, 3.8) is 0 Å². The van der Waals surface area contributed by atoms with E-state index in [1.165, 1.54) is 0 Å². The Morgan fingerprint density at radius 3 is 2.62 bits per heavy atom. The first kappa shape index (κ1) is 16.1. The quantitative estimate of drug-likeness (QED) is 0.793. The predicted molar refractivity (Wildman–Crippen MR) is 99.7 cm³/mol. The van der Waals surface area contributed by atoms with Gasteiger partial charge in [0.1, 0.15) is 0 Å². The Morgan fingerprint density at radius 1 is 1.12 bits per heavy atom. The van der Waals surface area contributed by atoms with Gasteiger partial charge in [0, 0.05) is 42.8 Å². The van der Waals surface area contributed by atoms with Crippen LogP contribution in [0.5, 0.6) is 0 Å². The molecule has 0 fully saturated rings. The molecule has 2 heterocycles. The van der Waals surface area contributed by atoms with Crippen LogP contribution in [0.2, 0.25) is 0 Å². The predicted octanol–water partition coefficient (Wildman–Crippen LogP) is 3.03. The van der Waals surface area contributed by atoms with Crippen molar-refractivity contribution in [2.24, 2.45) is 0 Å². The van der Waals surface area contributed by atoms with Crippen molar-refractivity contribution in [1.82, 2.24) is 9.78 Å². The second-order valence-corrected chi connectivity index (χ2v) is 6.22. The van der Waals surface area contributed by atoms with Crippen molar-refractivity contribution in [2.75, 3.05) is 16.8 Å². The average molecular weight is 346 g/mol. The van der Waals surface area contributed by atoms with Crippen LogP contribution in [0, 0.1) is 0 Å². The molecule has 26 heavy (non-hydrogen) atoms. The molecule has 0 unspecified atom stereocenters. The molecule has 1 aromatic heterocycles. The van der Waals surface area contributed by atoms with E-state index in [-0.39, 0.29) is 11.8 Å². The van der Waals surface area contributed by atoms with Gasteiger partial charge in [0.15, 0.2) is 0 Å². The molecule has 0 saturated carbocycles. The molecule has 1 N–H and O–H groups in total. The third-order valence-electron chi connectivity index (χ3n) is 4.51. The van der Waals surface area contributed by atoms with E-state index in [9.17, 15) is 9.59 Å². The fourth-order valence-corrected chi connectivity index (χ4v) is 3.20. The van der Waals surface area contributed by atoms with Crippen LogP contribution in [0.25, 0.3) is 5.69 Å². The third-order valence-corrected chi connectivity index (χ3v) is 4.51. The van der Waals surface area contributed by atoms with E-state index in [0.717, 1.165) is 29.0 Å². The van der Waals surface area contributed by atoms with Gasteiger partial charge in [-0.2, -0.15) is 5.10 Å². The van der Waals surface area contributed by atoms with Gasteiger partial charge in [0.05, 0.1) is 5.69 Å². The SMILES string of the molecule is CC(=O)N1CCc2cc(NC(=O)c3ccc(-n4cccn4)cc3)ccc21. The fraction of sp³-hybridized carbons (Fsp3) is 0.150. The molecular weight excluding hydrogens is 328 g/mol. The Kier molecular flexibility index (Phi) is 4.01. The Bertz CT molecular complexity index is 962. The summed E-state index contributed by atoms with van der Waals surface area (Å²) in [6.07, 6.45) is 4.36. The number of anilines is 2. The van der Waals surface area contributed by atoms with Gasteiger partial charge in [-0.15, -0.1) is 0 Å². The number of amides is 2. The molecule has 0 atom stereocenters. The lowest BCUT2D eigenvalue weighted by Gasteiger charge is -2.15. The molecule has 2 amide bonds. The van der Waals surface area contributed by atoms with Crippen molar-refractivity contribution in [3.8, 4) is 5.69 Å². The monoisotopic (exact) mass is 346 g/mol. The zero-order valence-corrected chi connectivity index (χ0v) is 14.3. The summed E-state index contributed by atoms with van der Waals surface area (Å²) < 4.78 is 1.74. The Labute approximate surface area is 151 Å². The van der Waals surface area contributed by atoms with E-state index in [0.29, 0.717) is 12.1 Å². The molecule has 1 aliphatic heterocycles. The molecule has 0 radical (unpaired) electrons. The number of carbonyl (C=O) groups excluding carboxylic acids is 2. The number of nitrogens with zero attached hydrogens (tertiary/aromatic N) is 3. The van der Waals surface area contributed by atoms with Crippen molar-refractivity contribution in [1.29, 1.82) is 0 Å². The molecule has 0 aliphatic carbocycles. The minimum Gasteiger partial charge on any atom is -0.322 e. The summed E-state index contributed by atoms with van der Waals surface area (Å²) in [5, 5.41) is 7.09. The lowest BCUT2D eigenvalue weighted by Crippen LogP contribution is -2.25. The van der Waals surface area contributed by atoms with Gasteiger partial charge in [-0.1, -0.05) is 0 Å². The van der Waals surface area contributed by atoms with Crippen molar-refractivity contribution >= 4 is 23.2 Å². The minimum atomic E-state index is -0.168. The number of hydrogen-bond acceptors (Lipinski definition) is 3. The zero-order valence-electron chi connectivity index (χ0n) is 14.3. The van der Waals surface area contributed by atoms with E-state index in [2.05, 4.69) is 10.4 Å². The van der Waals surface area contributed by atoms with Crippen molar-refractivity contribution in [2.45, 2.75) is 13.3 Å². The second-order valence-electron chi connectivity index (χ2n) is 6.22. The molecular formula is C20H18N4O2. The molecule has 6 heteroatoms. The fourth-order valence-electron chi connectivity index (χ4n) is 3.20. The second kappa shape index (κ2) is 6.48. The summed E-state index contributed by atoms with van der Waals surface area (Å²) in [6.45, 7) is 2.26. The number of benzene rings is 2. The number of hydrogen-bond donors (Lipinski definition) is 1. The summed E-state index contributed by atoms with van der Waals surface area (Å²) in [4.78, 5) is 25.9. The summed E-state index contributed by atoms with van der Waals surface area (Å²) in [5.74, 6) is -0.129. The van der Waals surface area contributed by atoms with E-state index >= 15 is 0 Å². The third kappa shape index (κ3) is 2.97. The maximum absolute atomic E-state index is 12.5. The van der Waals surface area contributed by atoms with Crippen LogP contribution < -0.4 is 10.2 Å². The molecule has 1 aliphatic rings. The first-order valence-electron chi connectivity index (χ1n) is 8.44. The number of aromatic nitrogens is 2. The highest BCUT2D eigenvalue weighted by molar-refractivity contribution is 6.04. The first-order chi connectivity index (χ1) is 12.6. The summed E-state index contributed by atoms with van der Waals surface area (Å²) in [6, 6.07) is 14.8. The summed E-state index contributed by atoms with van der Waals surface area (Å²) in [5.41, 5.74) is 4.21. The molecule has 0 saturated heterocycles. The van der Waals surface area contributed by atoms with Gasteiger partial charge >= 0.3 is 0 Å². The average Bonchev–Trinajstić information content (AvgIpc) is 3.31. The Morgan fingerprint density at radius 2 is 1.92 bits per heavy atom. The smallest absolute Gasteiger partial charge is 0.255 e. The van der Waals surface area contributed by atoms with Gasteiger partial charge in [-0.05, 0) is 60.5 Å². The van der Waals surface area contributed by atoms with Crippen LogP contribution in [-0.4, -0.2) is 28.1 Å². The standard InChI is InChI=1S/C20H18N4O2/c1-14(25)23-12-9-16-13-17(5-8-19(16)23)22-20(26)15-3-6-18(7-4-15)24-11-2-10-21-24/h2-8,10-11,13H,9,12H2,1H3,(H,22,26). The number of carbonyl (C=O) groups is 2. The van der Waals surface area contributed by atoms with E-state index in [1.807, 2.05) is 42.6 Å². The van der Waals surface area contributed by atoms with Crippen LogP contribution in [0.1, 0.15) is 22.8 Å². The van der Waals surface area contributed by atoms with E-state index in [4.69, 9.17) is 0 Å². The molecule has 6 nitrogen and oxygen atoms in total. The lowest BCUT2D eigenvalue weighted by atomic mass is 10.1. The van der Waals surface area contributed by atoms with Crippen LogP contribution in [0.3, 0.4) is 0 Å². The highest BCUT2D eigenvalue weighted by atomic mass is 16.2. The number of rotatable bonds is 3. The van der Waals surface area contributed by atoms with E-state index in [1.54, 1.807) is 34.8 Å². The maximum atomic E-state index is 12.5. The van der Waals surface area contributed by atoms with Gasteiger partial charge < -0.3 is 10.2 Å². The van der Waals surface area contributed by atoms with Gasteiger partial charge in [-0.3, -0.25) is 9.59 Å². The molecule has 4 rings (SSSR count). The van der Waals surface area contributed by atoms with Gasteiger partial charge in [-0.25, -0.2) is 4.68 Å². The largest absolute Gasteiger partial charge is 0.322 e. The molecule has 3 aromatic rings. The normalized spacial score (nSPS) is 12.7. The lowest BCUT2D eigenvalue weighted by molar-refractivity contribution is -0.116. The first-order valence-corrected chi connectivity index (χ1v) is 8.44. The molecule has 0 bridgehead atoms. The molecule has 130 valence electrons. The van der Waals surface area contributed by atoms with Crippen molar-refractivity contribution in [3.05, 3.63) is 72.1 Å². The number of fused-ring (bicyclic) bond motifs is 1. The Hall–Kier alpha value is -3.41. The minimum absolute atomic E-state index is 0.0396. The van der Waals surface area contributed by atoms with Crippen LogP contribution in [-0.2, 0) is 11.2 Å². The van der Waals surface area contributed by atoms with Gasteiger partial charge in [0.25, 0.3) is 5.91 Å². The van der Waals surface area contributed by atoms with Gasteiger partial charge in [0.2, 0.25) is 5.91 Å². The van der Waals surface area contributed by atoms with Crippen LogP contribution >= 0.6 is 0 Å². The molecule has 2 aromatic carbocycles. The van der Waals surface area contributed by atoms with Crippen LogP contribution in [0.15, 0.2) is 60.9 Å². The summed E-state index contributed by atoms with van der Waals surface area (Å²) in [7, 11) is 0. The Balaban J connectivity index is 1.49. The summed E-state index contributed by atoms with van der Waals surface area (Å²) >= 11 is 0. The highest BCUT2D eigenvalue weighted by Crippen LogP contribution is 2.30. The van der Waals surface area contributed by atoms with E-state index < -0.39 is 0 Å². The van der Waals surface area contributed by atoms with Crippen LogP contribution in [0.4, 0.5) is 11.4 Å².